The fraction of sp³-hybridized carbons (Fsp3) is 0.150. The Labute approximate surface area is 179 Å². The number of hydrogen-bond acceptors (Lipinski definition) is 8. The molecular weight excluding hydrogens is 420 g/mol. The summed E-state index contributed by atoms with van der Waals surface area (Å²) < 4.78 is 36.3. The van der Waals surface area contributed by atoms with E-state index in [1.165, 1.54) is 0 Å². The van der Waals surface area contributed by atoms with Gasteiger partial charge in [0, 0.05) is 36.0 Å². The molecule has 2 aromatic carbocycles. The molecular formula is C20H21N6O4S+. The number of hydrogen-bond donors (Lipinski definition) is 2. The summed E-state index contributed by atoms with van der Waals surface area (Å²) in [7, 11) is -0.268. The molecule has 0 saturated carbocycles. The van der Waals surface area contributed by atoms with E-state index in [0.29, 0.717) is 40.4 Å². The minimum atomic E-state index is -3.42. The lowest BCUT2D eigenvalue weighted by Crippen LogP contribution is -2.44. The standard InChI is InChI=1S/C20H21N6O4S/c1-29-17-10-15(11-18(12-17)30-2)22-20-23-19-13-21-7-8-26(19,24-20)16-6-4-5-14(9-16)25-31(3,27)28/h4-13,25H,1-3H3,(H,22,24)/q+1. The van der Waals surface area contributed by atoms with Gasteiger partial charge in [-0.1, -0.05) is 10.7 Å². The zero-order chi connectivity index (χ0) is 22.1. The van der Waals surface area contributed by atoms with Crippen LogP contribution in [0.4, 0.5) is 17.1 Å². The zero-order valence-corrected chi connectivity index (χ0v) is 17.9. The summed E-state index contributed by atoms with van der Waals surface area (Å²) in [5.41, 5.74) is 1.80. The third-order valence-electron chi connectivity index (χ3n) is 4.53. The normalized spacial score (nSPS) is 19.3. The van der Waals surface area contributed by atoms with E-state index in [1.54, 1.807) is 69.2 Å². The lowest BCUT2D eigenvalue weighted by molar-refractivity contribution is 0.395. The SMILES string of the molecule is COc1cc(NC2=N[N+]3(c4cccc(NS(C)(=O)=O)c4)C=CN=CC3=N2)cc(OC)c1. The maximum Gasteiger partial charge on any atom is 0.287 e. The van der Waals surface area contributed by atoms with Crippen molar-refractivity contribution in [3.8, 4) is 11.5 Å². The number of aliphatic imine (C=N–C) groups is 2. The molecule has 2 aliphatic heterocycles. The summed E-state index contributed by atoms with van der Waals surface area (Å²) in [5.74, 6) is 2.15. The van der Waals surface area contributed by atoms with Crippen molar-refractivity contribution in [2.45, 2.75) is 0 Å². The number of rotatable bonds is 6. The average Bonchev–Trinajstić information content (AvgIpc) is 3.11. The van der Waals surface area contributed by atoms with E-state index >= 15 is 0 Å². The number of nitrogens with zero attached hydrogens (tertiary/aromatic N) is 4. The first-order valence-electron chi connectivity index (χ1n) is 9.19. The zero-order valence-electron chi connectivity index (χ0n) is 17.1. The van der Waals surface area contributed by atoms with Crippen molar-refractivity contribution in [1.82, 2.24) is 4.59 Å². The third kappa shape index (κ3) is 4.27. The summed E-state index contributed by atoms with van der Waals surface area (Å²) >= 11 is 0. The lowest BCUT2D eigenvalue weighted by atomic mass is 10.2. The number of anilines is 2. The first kappa shape index (κ1) is 20.6. The fourth-order valence-electron chi connectivity index (χ4n) is 3.21. The number of guanidine groups is 1. The molecule has 0 radical (unpaired) electrons. The van der Waals surface area contributed by atoms with Crippen molar-refractivity contribution < 1.29 is 17.9 Å². The van der Waals surface area contributed by atoms with Gasteiger partial charge in [-0.3, -0.25) is 9.71 Å². The van der Waals surface area contributed by atoms with Gasteiger partial charge in [-0.05, 0) is 11.2 Å². The number of methoxy groups -OCH3 is 2. The fourth-order valence-corrected chi connectivity index (χ4v) is 3.77. The van der Waals surface area contributed by atoms with Crippen LogP contribution in [0, 0.1) is 0 Å². The minimum Gasteiger partial charge on any atom is -0.497 e. The quantitative estimate of drug-likeness (QED) is 0.669. The highest BCUT2D eigenvalue weighted by molar-refractivity contribution is 7.92. The number of fused-ring (bicyclic) bond motifs is 1. The number of amidine groups is 1. The van der Waals surface area contributed by atoms with Crippen LogP contribution in [-0.4, -0.2) is 46.9 Å². The number of ether oxygens (including phenoxy) is 2. The van der Waals surface area contributed by atoms with Crippen molar-refractivity contribution in [2.24, 2.45) is 15.1 Å². The summed E-state index contributed by atoms with van der Waals surface area (Å²) in [5, 5.41) is 7.93. The monoisotopic (exact) mass is 441 g/mol. The van der Waals surface area contributed by atoms with Gasteiger partial charge in [0.15, 0.2) is 11.9 Å². The molecule has 160 valence electrons. The van der Waals surface area contributed by atoms with Gasteiger partial charge in [0.1, 0.15) is 17.7 Å². The molecule has 31 heavy (non-hydrogen) atoms. The molecule has 2 heterocycles. The molecule has 0 saturated heterocycles. The van der Waals surface area contributed by atoms with Gasteiger partial charge >= 0.3 is 0 Å². The molecule has 11 heteroatoms. The van der Waals surface area contributed by atoms with Gasteiger partial charge in [0.2, 0.25) is 10.0 Å². The topological polar surface area (TPSA) is 114 Å². The number of benzene rings is 2. The molecule has 2 aliphatic rings. The smallest absolute Gasteiger partial charge is 0.287 e. The Hall–Kier alpha value is -3.70. The largest absolute Gasteiger partial charge is 0.497 e. The van der Waals surface area contributed by atoms with E-state index < -0.39 is 10.0 Å². The van der Waals surface area contributed by atoms with Gasteiger partial charge < -0.3 is 14.8 Å². The van der Waals surface area contributed by atoms with Gasteiger partial charge in [0.25, 0.3) is 11.8 Å². The third-order valence-corrected chi connectivity index (χ3v) is 5.14. The number of quaternary nitrogens is 1. The predicted octanol–water partition coefficient (Wildman–Crippen LogP) is 2.73. The van der Waals surface area contributed by atoms with E-state index in [-0.39, 0.29) is 4.59 Å². The predicted molar refractivity (Wildman–Crippen MR) is 122 cm³/mol. The van der Waals surface area contributed by atoms with Crippen LogP contribution in [0.2, 0.25) is 0 Å². The molecule has 2 aromatic rings. The Morgan fingerprint density at radius 1 is 1.00 bits per heavy atom. The van der Waals surface area contributed by atoms with Crippen LogP contribution in [0.15, 0.2) is 70.0 Å². The van der Waals surface area contributed by atoms with E-state index in [1.807, 2.05) is 6.07 Å². The van der Waals surface area contributed by atoms with Crippen LogP contribution in [0.3, 0.4) is 0 Å². The molecule has 0 amide bonds. The van der Waals surface area contributed by atoms with Crippen LogP contribution < -0.4 is 24.1 Å². The Balaban J connectivity index is 1.72. The second kappa shape index (κ2) is 7.85. The Morgan fingerprint density at radius 3 is 2.42 bits per heavy atom. The van der Waals surface area contributed by atoms with Crippen LogP contribution >= 0.6 is 0 Å². The molecule has 1 atom stereocenters. The van der Waals surface area contributed by atoms with Gasteiger partial charge in [0.05, 0.1) is 32.4 Å². The second-order valence-corrected chi connectivity index (χ2v) is 8.55. The molecule has 0 fully saturated rings. The lowest BCUT2D eigenvalue weighted by Gasteiger charge is -2.24. The Morgan fingerprint density at radius 2 is 1.74 bits per heavy atom. The highest BCUT2D eigenvalue weighted by atomic mass is 32.2. The van der Waals surface area contributed by atoms with Gasteiger partial charge in [-0.2, -0.15) is 4.99 Å². The molecule has 0 spiro atoms. The summed E-state index contributed by atoms with van der Waals surface area (Å²) in [6.45, 7) is 0. The van der Waals surface area contributed by atoms with Crippen molar-refractivity contribution in [1.29, 1.82) is 0 Å². The summed E-state index contributed by atoms with van der Waals surface area (Å²) in [6, 6.07) is 12.3. The molecule has 0 aromatic heterocycles. The first-order chi connectivity index (χ1) is 14.8. The summed E-state index contributed by atoms with van der Waals surface area (Å²) in [6.07, 6.45) is 6.10. The van der Waals surface area contributed by atoms with Crippen LogP contribution in [0.1, 0.15) is 0 Å². The number of nitrogens with one attached hydrogen (secondary N) is 2. The van der Waals surface area contributed by atoms with Crippen LogP contribution in [0.5, 0.6) is 11.5 Å². The van der Waals surface area contributed by atoms with Crippen molar-refractivity contribution in [3.63, 3.8) is 0 Å². The second-order valence-electron chi connectivity index (χ2n) is 6.81. The first-order valence-corrected chi connectivity index (χ1v) is 11.1. The van der Waals surface area contributed by atoms with Crippen molar-refractivity contribution >= 4 is 45.1 Å². The van der Waals surface area contributed by atoms with Crippen LogP contribution in [0.25, 0.3) is 0 Å². The van der Waals surface area contributed by atoms with E-state index in [4.69, 9.17) is 14.6 Å². The maximum atomic E-state index is 11.6. The minimum absolute atomic E-state index is 0.0911. The molecule has 0 aliphatic carbocycles. The molecule has 10 nitrogen and oxygen atoms in total. The van der Waals surface area contributed by atoms with E-state index in [2.05, 4.69) is 20.0 Å². The highest BCUT2D eigenvalue weighted by Gasteiger charge is 2.43. The Bertz CT molecular complexity index is 1230. The summed E-state index contributed by atoms with van der Waals surface area (Å²) in [4.78, 5) is 8.74. The average molecular weight is 441 g/mol. The molecule has 0 bridgehead atoms. The number of sulfonamides is 1. The van der Waals surface area contributed by atoms with E-state index in [9.17, 15) is 8.42 Å². The van der Waals surface area contributed by atoms with E-state index in [0.717, 1.165) is 6.26 Å². The van der Waals surface area contributed by atoms with Gasteiger partial charge in [-0.15, -0.1) is 0 Å². The van der Waals surface area contributed by atoms with Crippen LogP contribution in [-0.2, 0) is 10.0 Å². The Kier molecular flexibility index (Phi) is 5.21. The highest BCUT2D eigenvalue weighted by Crippen LogP contribution is 2.33. The molecule has 1 unspecified atom stereocenters. The van der Waals surface area contributed by atoms with Gasteiger partial charge in [-0.25, -0.2) is 8.42 Å². The maximum absolute atomic E-state index is 11.6. The van der Waals surface area contributed by atoms with Crippen molar-refractivity contribution in [2.75, 3.05) is 30.5 Å². The molecule has 4 rings (SSSR count). The molecule has 2 N–H and O–H groups in total. The van der Waals surface area contributed by atoms with Crippen molar-refractivity contribution in [3.05, 3.63) is 54.9 Å².